The Kier molecular flexibility index (Phi) is 5.35. The Morgan fingerprint density at radius 3 is 0.900 bits per heavy atom. The summed E-state index contributed by atoms with van der Waals surface area (Å²) >= 11 is 0. The van der Waals surface area contributed by atoms with Gasteiger partial charge >= 0.3 is 0 Å². The fraction of sp³-hybridized carbons (Fsp3) is 0.0870. The van der Waals surface area contributed by atoms with Gasteiger partial charge in [0.2, 0.25) is 0 Å². The minimum absolute atomic E-state index is 1.22. The maximum atomic E-state index is 2.38. The minimum atomic E-state index is 1.22. The number of fused-ring (bicyclic) bond motifs is 12. The van der Waals surface area contributed by atoms with Crippen LogP contribution in [0.1, 0.15) is 0 Å². The largest absolute Gasteiger partial charge is 0.344 e. The van der Waals surface area contributed by atoms with Gasteiger partial charge in [0.25, 0.3) is 0 Å². The number of para-hydroxylation sites is 2. The summed E-state index contributed by atoms with van der Waals surface area (Å²) in [5.41, 5.74) is 15.0. The van der Waals surface area contributed by atoms with Crippen LogP contribution in [0.3, 0.4) is 0 Å². The summed E-state index contributed by atoms with van der Waals surface area (Å²) in [7, 11) is 8.73. The van der Waals surface area contributed by atoms with Crippen molar-refractivity contribution in [1.82, 2.24) is 18.3 Å². The van der Waals surface area contributed by atoms with Gasteiger partial charge in [-0.15, -0.1) is 0 Å². The number of hydrogen-bond acceptors (Lipinski definition) is 0. The molecule has 11 aromatic rings. The van der Waals surface area contributed by atoms with Gasteiger partial charge < -0.3 is 18.3 Å². The van der Waals surface area contributed by atoms with E-state index in [1.165, 1.54) is 109 Å². The second-order valence-corrected chi connectivity index (χ2v) is 14.1. The molecule has 4 nitrogen and oxygen atoms in total. The van der Waals surface area contributed by atoms with Crippen LogP contribution in [0.4, 0.5) is 0 Å². The molecule has 0 unspecified atom stereocenters. The number of nitrogens with zero attached hydrogens (tertiary/aromatic N) is 4. The lowest BCUT2D eigenvalue weighted by molar-refractivity contribution is 1.01. The van der Waals surface area contributed by atoms with Crippen molar-refractivity contribution in [3.63, 3.8) is 0 Å². The van der Waals surface area contributed by atoms with Crippen LogP contribution in [0.2, 0.25) is 0 Å². The molecule has 4 heteroatoms. The highest BCUT2D eigenvalue weighted by Crippen LogP contribution is 2.40. The Morgan fingerprint density at radius 1 is 0.240 bits per heavy atom. The maximum absolute atomic E-state index is 2.38. The molecule has 0 aliphatic rings. The molecule has 0 spiro atoms. The van der Waals surface area contributed by atoms with E-state index < -0.39 is 0 Å². The molecule has 0 saturated heterocycles. The van der Waals surface area contributed by atoms with Gasteiger partial charge in [-0.05, 0) is 82.9 Å². The van der Waals surface area contributed by atoms with Gasteiger partial charge in [-0.3, -0.25) is 0 Å². The fourth-order valence-corrected chi connectivity index (χ4v) is 8.94. The SMILES string of the molecule is Cn1c2ccccc2c2cc3c(cc21)c1cc(-c2ccc(-c4ccc5c(c4)c4cc6c(cc4n5C)c4ccccc4n6C)cc2)ccc1n3C. The first-order valence-corrected chi connectivity index (χ1v) is 17.3. The van der Waals surface area contributed by atoms with Crippen LogP contribution in [0.5, 0.6) is 0 Å². The molecule has 50 heavy (non-hydrogen) atoms. The van der Waals surface area contributed by atoms with Gasteiger partial charge in [-0.1, -0.05) is 72.8 Å². The van der Waals surface area contributed by atoms with E-state index >= 15 is 0 Å². The summed E-state index contributed by atoms with van der Waals surface area (Å²) in [4.78, 5) is 0. The lowest BCUT2D eigenvalue weighted by atomic mass is 9.98. The number of aromatic nitrogens is 4. The fourth-order valence-electron chi connectivity index (χ4n) is 8.94. The lowest BCUT2D eigenvalue weighted by Crippen LogP contribution is -1.88. The molecule has 0 aliphatic heterocycles. The molecule has 0 atom stereocenters. The summed E-state index contributed by atoms with van der Waals surface area (Å²) in [5.74, 6) is 0. The van der Waals surface area contributed by atoms with Gasteiger partial charge in [0.05, 0.1) is 0 Å². The maximum Gasteiger partial charge on any atom is 0.0496 e. The van der Waals surface area contributed by atoms with E-state index in [0.717, 1.165) is 0 Å². The Labute approximate surface area is 288 Å². The zero-order valence-corrected chi connectivity index (χ0v) is 28.5. The third kappa shape index (κ3) is 3.55. The smallest absolute Gasteiger partial charge is 0.0496 e. The van der Waals surface area contributed by atoms with Crippen molar-refractivity contribution >= 4 is 87.2 Å². The summed E-state index contributed by atoms with van der Waals surface area (Å²) in [6.45, 7) is 0. The second-order valence-electron chi connectivity index (χ2n) is 14.1. The van der Waals surface area contributed by atoms with Crippen molar-refractivity contribution < 1.29 is 0 Å². The highest BCUT2D eigenvalue weighted by molar-refractivity contribution is 6.19. The Bertz CT molecular complexity index is 3010. The van der Waals surface area contributed by atoms with Gasteiger partial charge in [0.1, 0.15) is 0 Å². The zero-order chi connectivity index (χ0) is 33.4. The molecule has 4 aromatic heterocycles. The Hall–Kier alpha value is -6.26. The first-order valence-electron chi connectivity index (χ1n) is 17.3. The molecule has 0 radical (unpaired) electrons. The number of hydrogen-bond donors (Lipinski definition) is 0. The highest BCUT2D eigenvalue weighted by Gasteiger charge is 2.17. The van der Waals surface area contributed by atoms with E-state index in [-0.39, 0.29) is 0 Å². The van der Waals surface area contributed by atoms with Gasteiger partial charge in [-0.2, -0.15) is 0 Å². The van der Waals surface area contributed by atoms with Crippen molar-refractivity contribution in [2.75, 3.05) is 0 Å². The molecule has 0 saturated carbocycles. The predicted octanol–water partition coefficient (Wildman–Crippen LogP) is 11.6. The Balaban J connectivity index is 1.01. The molecule has 0 N–H and O–H groups in total. The molecule has 0 fully saturated rings. The lowest BCUT2D eigenvalue weighted by Gasteiger charge is -2.07. The molecule has 7 aromatic carbocycles. The first kappa shape index (κ1) is 27.7. The Morgan fingerprint density at radius 2 is 0.520 bits per heavy atom. The van der Waals surface area contributed by atoms with Crippen LogP contribution in [0.25, 0.3) is 109 Å². The van der Waals surface area contributed by atoms with E-state index in [4.69, 9.17) is 0 Å². The first-order chi connectivity index (χ1) is 24.4. The number of aryl methyl sites for hydroxylation is 4. The van der Waals surface area contributed by atoms with E-state index in [1.807, 2.05) is 0 Å². The molecular weight excluding hydrogens is 609 g/mol. The average molecular weight is 643 g/mol. The van der Waals surface area contributed by atoms with Crippen molar-refractivity contribution in [2.24, 2.45) is 28.2 Å². The monoisotopic (exact) mass is 642 g/mol. The molecular formula is C46H34N4. The summed E-state index contributed by atoms with van der Waals surface area (Å²) in [5, 5.41) is 10.4. The second kappa shape index (κ2) is 9.67. The third-order valence-corrected chi connectivity index (χ3v) is 11.6. The average Bonchev–Trinajstić information content (AvgIpc) is 3.81. The molecule has 0 amide bonds. The van der Waals surface area contributed by atoms with Crippen LogP contribution < -0.4 is 0 Å². The highest BCUT2D eigenvalue weighted by atomic mass is 15.0. The zero-order valence-electron chi connectivity index (χ0n) is 28.5. The van der Waals surface area contributed by atoms with Crippen LogP contribution >= 0.6 is 0 Å². The van der Waals surface area contributed by atoms with Crippen molar-refractivity contribution in [3.8, 4) is 22.3 Å². The van der Waals surface area contributed by atoms with Gasteiger partial charge in [-0.25, -0.2) is 0 Å². The third-order valence-electron chi connectivity index (χ3n) is 11.6. The predicted molar refractivity (Wildman–Crippen MR) is 213 cm³/mol. The normalized spacial score (nSPS) is 12.4. The number of rotatable bonds is 2. The standard InChI is InChI=1S/C46H34N4/c1-47-39-11-7-5-9-31(39)35-23-45-37(25-43(35)47)33-21-29(17-19-41(33)49(45)3)27-13-15-28(16-14-27)30-18-20-42-34(22-30)38-26-44-36(24-46(38)50(42)4)32-10-6-8-12-40(32)48(44)2/h5-26H,1-4H3. The quantitative estimate of drug-likeness (QED) is 0.179. The molecule has 0 bridgehead atoms. The van der Waals surface area contributed by atoms with E-state index in [1.54, 1.807) is 0 Å². The number of benzene rings is 7. The van der Waals surface area contributed by atoms with E-state index in [9.17, 15) is 0 Å². The van der Waals surface area contributed by atoms with E-state index in [2.05, 4.69) is 180 Å². The molecule has 4 heterocycles. The summed E-state index contributed by atoms with van der Waals surface area (Å²) < 4.78 is 9.33. The van der Waals surface area contributed by atoms with Crippen molar-refractivity contribution in [1.29, 1.82) is 0 Å². The van der Waals surface area contributed by atoms with Crippen LogP contribution in [-0.2, 0) is 28.2 Å². The molecule has 0 aliphatic carbocycles. The molecule has 238 valence electrons. The minimum Gasteiger partial charge on any atom is -0.344 e. The van der Waals surface area contributed by atoms with E-state index in [0.29, 0.717) is 0 Å². The van der Waals surface area contributed by atoms with Crippen molar-refractivity contribution in [2.45, 2.75) is 0 Å². The summed E-state index contributed by atoms with van der Waals surface area (Å²) in [6, 6.07) is 49.9. The molecule has 11 rings (SSSR count). The van der Waals surface area contributed by atoms with Crippen molar-refractivity contribution in [3.05, 3.63) is 133 Å². The summed E-state index contributed by atoms with van der Waals surface area (Å²) in [6.07, 6.45) is 0. The van der Waals surface area contributed by atoms with Crippen LogP contribution in [0.15, 0.2) is 133 Å². The van der Waals surface area contributed by atoms with Crippen LogP contribution in [0, 0.1) is 0 Å². The van der Waals surface area contributed by atoms with Gasteiger partial charge in [0.15, 0.2) is 0 Å². The van der Waals surface area contributed by atoms with Gasteiger partial charge in [0, 0.05) is 115 Å². The van der Waals surface area contributed by atoms with Crippen LogP contribution in [-0.4, -0.2) is 18.3 Å². The topological polar surface area (TPSA) is 19.7 Å².